The number of ketones is 1. The van der Waals surface area contributed by atoms with Crippen molar-refractivity contribution in [1.82, 2.24) is 0 Å². The lowest BCUT2D eigenvalue weighted by atomic mass is 10.1. The molecule has 0 saturated heterocycles. The van der Waals surface area contributed by atoms with Crippen molar-refractivity contribution in [1.29, 1.82) is 0 Å². The Morgan fingerprint density at radius 3 is 1.97 bits per heavy atom. The summed E-state index contributed by atoms with van der Waals surface area (Å²) in [6.07, 6.45) is 0.466. The number of carbonyl (C=O) groups is 4. The Kier molecular flexibility index (Phi) is 8.36. The van der Waals surface area contributed by atoms with Crippen LogP contribution in [0.5, 0.6) is 0 Å². The Labute approximate surface area is 173 Å². The van der Waals surface area contributed by atoms with Crippen molar-refractivity contribution in [2.24, 2.45) is 0 Å². The molecule has 29 heavy (non-hydrogen) atoms. The average Bonchev–Trinajstić information content (AvgIpc) is 2.68. The zero-order valence-electron chi connectivity index (χ0n) is 15.9. The zero-order chi connectivity index (χ0) is 21.2. The predicted octanol–water partition coefficient (Wildman–Crippen LogP) is 3.83. The van der Waals surface area contributed by atoms with Gasteiger partial charge in [0.15, 0.2) is 12.4 Å². The molecular weight excluding hydrogens is 396 g/mol. The number of hydrogen-bond acceptors (Lipinski definition) is 5. The molecule has 2 amide bonds. The van der Waals surface area contributed by atoms with Crippen molar-refractivity contribution in [3.8, 4) is 0 Å². The van der Waals surface area contributed by atoms with Gasteiger partial charge >= 0.3 is 5.97 Å². The van der Waals surface area contributed by atoms with Crippen LogP contribution in [-0.4, -0.2) is 30.2 Å². The molecule has 152 valence electrons. The van der Waals surface area contributed by atoms with Crippen molar-refractivity contribution in [3.05, 3.63) is 59.1 Å². The lowest BCUT2D eigenvalue weighted by Crippen LogP contribution is -2.21. The van der Waals surface area contributed by atoms with Crippen LogP contribution in [0.3, 0.4) is 0 Å². The maximum Gasteiger partial charge on any atom is 0.306 e. The summed E-state index contributed by atoms with van der Waals surface area (Å²) < 4.78 is 4.90. The van der Waals surface area contributed by atoms with Crippen molar-refractivity contribution in [3.63, 3.8) is 0 Å². The summed E-state index contributed by atoms with van der Waals surface area (Å²) in [7, 11) is 0. The molecule has 0 heterocycles. The van der Waals surface area contributed by atoms with Crippen molar-refractivity contribution in [2.45, 2.75) is 26.2 Å². The molecule has 7 nitrogen and oxygen atoms in total. The second kappa shape index (κ2) is 11.0. The number of esters is 1. The van der Waals surface area contributed by atoms with Gasteiger partial charge in [0.1, 0.15) is 0 Å². The van der Waals surface area contributed by atoms with E-state index in [2.05, 4.69) is 10.6 Å². The molecule has 2 rings (SSSR count). The van der Waals surface area contributed by atoms with Crippen LogP contribution in [0.4, 0.5) is 11.4 Å². The third-order valence-corrected chi connectivity index (χ3v) is 4.10. The van der Waals surface area contributed by atoms with Crippen LogP contribution >= 0.6 is 11.6 Å². The van der Waals surface area contributed by atoms with E-state index >= 15 is 0 Å². The summed E-state index contributed by atoms with van der Waals surface area (Å²) in [4.78, 5) is 46.6. The quantitative estimate of drug-likeness (QED) is 0.477. The number of anilines is 2. The molecule has 0 unspecified atom stereocenters. The first-order chi connectivity index (χ1) is 13.8. The molecule has 0 aliphatic rings. The molecule has 0 bridgehead atoms. The second-order valence-electron chi connectivity index (χ2n) is 6.25. The van der Waals surface area contributed by atoms with E-state index in [0.717, 1.165) is 0 Å². The molecule has 0 atom stereocenters. The first-order valence-electron chi connectivity index (χ1n) is 8.95. The Bertz CT molecular complexity index is 879. The minimum absolute atomic E-state index is 0.0224. The average molecular weight is 417 g/mol. The number of amides is 2. The van der Waals surface area contributed by atoms with E-state index in [9.17, 15) is 19.2 Å². The van der Waals surface area contributed by atoms with Gasteiger partial charge in [0.25, 0.3) is 5.91 Å². The largest absolute Gasteiger partial charge is 0.456 e. The first-order valence-corrected chi connectivity index (χ1v) is 9.33. The summed E-state index contributed by atoms with van der Waals surface area (Å²) in [5, 5.41) is 5.84. The van der Waals surface area contributed by atoms with Crippen molar-refractivity contribution in [2.75, 3.05) is 17.2 Å². The van der Waals surface area contributed by atoms with E-state index < -0.39 is 18.5 Å². The van der Waals surface area contributed by atoms with Crippen LogP contribution in [0.15, 0.2) is 48.5 Å². The number of carbonyl (C=O) groups excluding carboxylic acids is 4. The van der Waals surface area contributed by atoms with Gasteiger partial charge in [-0.15, -0.1) is 0 Å². The van der Waals surface area contributed by atoms with Gasteiger partial charge in [0.2, 0.25) is 5.91 Å². The molecule has 2 N–H and O–H groups in total. The smallest absolute Gasteiger partial charge is 0.306 e. The number of ether oxygens (including phenoxy) is 1. The van der Waals surface area contributed by atoms with Gasteiger partial charge in [-0.25, -0.2) is 0 Å². The van der Waals surface area contributed by atoms with E-state index in [1.165, 1.54) is 6.92 Å². The molecule has 8 heteroatoms. The van der Waals surface area contributed by atoms with Crippen LogP contribution in [0.2, 0.25) is 5.02 Å². The molecule has 0 aliphatic heterocycles. The Morgan fingerprint density at radius 2 is 1.38 bits per heavy atom. The molecule has 0 spiro atoms. The summed E-state index contributed by atoms with van der Waals surface area (Å²) in [6.45, 7) is 1.03. The van der Waals surface area contributed by atoms with Crippen LogP contribution < -0.4 is 10.6 Å². The maximum absolute atomic E-state index is 11.8. The summed E-state index contributed by atoms with van der Waals surface area (Å²) >= 11 is 5.78. The van der Waals surface area contributed by atoms with Gasteiger partial charge in [-0.1, -0.05) is 11.6 Å². The number of rotatable bonds is 9. The van der Waals surface area contributed by atoms with Crippen molar-refractivity contribution < 1.29 is 23.9 Å². The van der Waals surface area contributed by atoms with E-state index in [4.69, 9.17) is 16.3 Å². The highest BCUT2D eigenvalue weighted by atomic mass is 35.5. The molecule has 2 aromatic carbocycles. The van der Waals surface area contributed by atoms with E-state index in [-0.39, 0.29) is 24.5 Å². The number of hydrogen-bond donors (Lipinski definition) is 2. The Hall–Kier alpha value is -3.19. The maximum atomic E-state index is 11.8. The minimum Gasteiger partial charge on any atom is -0.456 e. The third-order valence-electron chi connectivity index (χ3n) is 3.85. The highest BCUT2D eigenvalue weighted by Gasteiger charge is 2.10. The zero-order valence-corrected chi connectivity index (χ0v) is 16.6. The van der Waals surface area contributed by atoms with Crippen LogP contribution in [-0.2, 0) is 19.1 Å². The van der Waals surface area contributed by atoms with Gasteiger partial charge in [0.05, 0.1) is 0 Å². The highest BCUT2D eigenvalue weighted by Crippen LogP contribution is 2.14. The van der Waals surface area contributed by atoms with Gasteiger partial charge in [-0.3, -0.25) is 19.2 Å². The number of halogens is 1. The first kappa shape index (κ1) is 22.1. The van der Waals surface area contributed by atoms with Gasteiger partial charge in [-0.2, -0.15) is 0 Å². The van der Waals surface area contributed by atoms with E-state index in [1.54, 1.807) is 48.5 Å². The Morgan fingerprint density at radius 1 is 0.828 bits per heavy atom. The fourth-order valence-electron chi connectivity index (χ4n) is 2.35. The summed E-state index contributed by atoms with van der Waals surface area (Å²) in [5.74, 6) is -1.36. The number of nitrogens with one attached hydrogen (secondary N) is 2. The highest BCUT2D eigenvalue weighted by molar-refractivity contribution is 6.30. The SMILES string of the molecule is CC(=O)c1ccc(NC(=O)COC(=O)CCCC(=O)Nc2ccc(Cl)cc2)cc1. The normalized spacial score (nSPS) is 10.1. The summed E-state index contributed by atoms with van der Waals surface area (Å²) in [6, 6.07) is 13.1. The molecule has 0 fully saturated rings. The third kappa shape index (κ3) is 8.15. The lowest BCUT2D eigenvalue weighted by molar-refractivity contribution is -0.147. The molecule has 0 saturated carbocycles. The lowest BCUT2D eigenvalue weighted by Gasteiger charge is -2.07. The number of Topliss-reactive ketones (excluding diaryl/α,β-unsaturated/α-hetero) is 1. The minimum atomic E-state index is -0.564. The fraction of sp³-hybridized carbons (Fsp3) is 0.238. The molecular formula is C21H21ClN2O5. The van der Waals surface area contributed by atoms with E-state index in [1.807, 2.05) is 0 Å². The second-order valence-corrected chi connectivity index (χ2v) is 6.69. The molecule has 0 aliphatic carbocycles. The van der Waals surface area contributed by atoms with E-state index in [0.29, 0.717) is 28.4 Å². The molecule has 0 radical (unpaired) electrons. The summed E-state index contributed by atoms with van der Waals surface area (Å²) in [5.41, 5.74) is 1.65. The monoisotopic (exact) mass is 416 g/mol. The molecule has 0 aromatic heterocycles. The van der Waals surface area contributed by atoms with Crippen molar-refractivity contribution >= 4 is 46.5 Å². The molecule has 2 aromatic rings. The standard InChI is InChI=1S/C21H21ClN2O5/c1-14(25)15-5-9-17(10-6-15)24-20(27)13-29-21(28)4-2-3-19(26)23-18-11-7-16(22)8-12-18/h5-12H,2-4,13H2,1H3,(H,23,26)(H,24,27). The topological polar surface area (TPSA) is 102 Å². The predicted molar refractivity (Wildman–Crippen MR) is 110 cm³/mol. The van der Waals surface area contributed by atoms with Gasteiger partial charge < -0.3 is 15.4 Å². The van der Waals surface area contributed by atoms with Gasteiger partial charge in [0, 0.05) is 34.8 Å². The number of benzene rings is 2. The fourth-order valence-corrected chi connectivity index (χ4v) is 2.48. The van der Waals surface area contributed by atoms with Crippen LogP contribution in [0, 0.1) is 0 Å². The Balaban J connectivity index is 1.63. The van der Waals surface area contributed by atoms with Crippen LogP contribution in [0.25, 0.3) is 0 Å². The van der Waals surface area contributed by atoms with Gasteiger partial charge in [-0.05, 0) is 61.9 Å². The van der Waals surface area contributed by atoms with Crippen LogP contribution in [0.1, 0.15) is 36.5 Å².